The van der Waals surface area contributed by atoms with Crippen LogP contribution < -0.4 is 10.5 Å². The topological polar surface area (TPSA) is 118 Å². The van der Waals surface area contributed by atoms with Gasteiger partial charge in [0.1, 0.15) is 5.69 Å². The van der Waals surface area contributed by atoms with Gasteiger partial charge in [0.25, 0.3) is 10.0 Å². The quantitative estimate of drug-likeness (QED) is 0.569. The Labute approximate surface area is 174 Å². The highest BCUT2D eigenvalue weighted by atomic mass is 35.5. The first-order chi connectivity index (χ1) is 13.5. The molecule has 0 unspecified atom stereocenters. The van der Waals surface area contributed by atoms with E-state index in [2.05, 4.69) is 35.5 Å². The van der Waals surface area contributed by atoms with Crippen molar-refractivity contribution in [2.24, 2.45) is 0 Å². The summed E-state index contributed by atoms with van der Waals surface area (Å²) in [5.41, 5.74) is 7.08. The van der Waals surface area contributed by atoms with Crippen molar-refractivity contribution >= 4 is 33.3 Å². The summed E-state index contributed by atoms with van der Waals surface area (Å²) in [7, 11) is -3.89. The molecule has 152 valence electrons. The van der Waals surface area contributed by atoms with Crippen LogP contribution in [0.15, 0.2) is 53.6 Å². The molecule has 9 heteroatoms. The lowest BCUT2D eigenvalue weighted by atomic mass is 9.87. The maximum Gasteiger partial charge on any atom is 0.261 e. The minimum Gasteiger partial charge on any atom is -0.504 e. The van der Waals surface area contributed by atoms with E-state index in [4.69, 9.17) is 17.3 Å². The third-order valence-corrected chi connectivity index (χ3v) is 5.92. The number of nitrogens with one attached hydrogen (secondary N) is 1. The van der Waals surface area contributed by atoms with Crippen LogP contribution in [0.4, 0.5) is 11.6 Å². The third-order valence-electron chi connectivity index (χ3n) is 4.30. The van der Waals surface area contributed by atoms with E-state index in [0.29, 0.717) is 5.02 Å². The van der Waals surface area contributed by atoms with E-state index in [-0.39, 0.29) is 39.0 Å². The minimum atomic E-state index is -3.89. The molecule has 0 spiro atoms. The lowest BCUT2D eigenvalue weighted by Gasteiger charge is -2.19. The number of rotatable bonds is 4. The fraction of sp³-hybridized carbons (Fsp3) is 0.200. The highest BCUT2D eigenvalue weighted by Gasteiger charge is 2.21. The minimum absolute atomic E-state index is 0.0654. The molecule has 4 N–H and O–H groups in total. The van der Waals surface area contributed by atoms with Crippen LogP contribution in [0.25, 0.3) is 11.3 Å². The van der Waals surface area contributed by atoms with Crippen LogP contribution in [0.5, 0.6) is 5.75 Å². The highest BCUT2D eigenvalue weighted by Crippen LogP contribution is 2.36. The van der Waals surface area contributed by atoms with Crippen molar-refractivity contribution in [2.75, 3.05) is 10.5 Å². The van der Waals surface area contributed by atoms with Gasteiger partial charge in [-0.3, -0.25) is 4.72 Å². The number of hydrogen-bond acceptors (Lipinski definition) is 6. The van der Waals surface area contributed by atoms with Gasteiger partial charge in [0.15, 0.2) is 5.75 Å². The second-order valence-corrected chi connectivity index (χ2v) is 9.65. The number of hydrogen-bond donors (Lipinski definition) is 3. The summed E-state index contributed by atoms with van der Waals surface area (Å²) >= 11 is 6.07. The van der Waals surface area contributed by atoms with E-state index >= 15 is 0 Å². The molecule has 29 heavy (non-hydrogen) atoms. The number of nitrogens with zero attached hydrogens (tertiary/aromatic N) is 2. The molecule has 0 aliphatic heterocycles. The second kappa shape index (κ2) is 7.53. The van der Waals surface area contributed by atoms with Gasteiger partial charge < -0.3 is 10.8 Å². The van der Waals surface area contributed by atoms with E-state index < -0.39 is 10.0 Å². The Morgan fingerprint density at radius 1 is 1.10 bits per heavy atom. The SMILES string of the molecule is CC(C)(C)c1ccc(S(=O)(=O)Nc2ccc(Cl)cc2-c2nc(N)ncc2O)cc1. The molecule has 0 bridgehead atoms. The van der Waals surface area contributed by atoms with Gasteiger partial charge >= 0.3 is 0 Å². The fourth-order valence-corrected chi connectivity index (χ4v) is 3.98. The van der Waals surface area contributed by atoms with Gasteiger partial charge in [0.2, 0.25) is 5.95 Å². The Hall–Kier alpha value is -2.84. The van der Waals surface area contributed by atoms with E-state index in [0.717, 1.165) is 11.8 Å². The van der Waals surface area contributed by atoms with Crippen molar-refractivity contribution < 1.29 is 13.5 Å². The largest absolute Gasteiger partial charge is 0.504 e. The average molecular weight is 433 g/mol. The van der Waals surface area contributed by atoms with Crippen molar-refractivity contribution in [1.29, 1.82) is 0 Å². The molecule has 0 saturated carbocycles. The van der Waals surface area contributed by atoms with Crippen LogP contribution in [-0.4, -0.2) is 23.5 Å². The summed E-state index contributed by atoms with van der Waals surface area (Å²) in [6, 6.07) is 11.2. The first-order valence-corrected chi connectivity index (χ1v) is 10.6. The Morgan fingerprint density at radius 2 is 1.76 bits per heavy atom. The number of nitrogen functional groups attached to an aromatic ring is 1. The Kier molecular flexibility index (Phi) is 5.42. The van der Waals surface area contributed by atoms with Gasteiger partial charge in [0, 0.05) is 10.6 Å². The summed E-state index contributed by atoms with van der Waals surface area (Å²) in [4.78, 5) is 7.83. The Balaban J connectivity index is 2.03. The number of halogens is 1. The van der Waals surface area contributed by atoms with Crippen LogP contribution in [0.3, 0.4) is 0 Å². The standard InChI is InChI=1S/C20H21ClN4O3S/c1-20(2,3)12-4-7-14(8-5-12)29(27,28)25-16-9-6-13(21)10-15(16)18-17(26)11-23-19(22)24-18/h4-11,25-26H,1-3H3,(H2,22,23,24). The van der Waals surface area contributed by atoms with Crippen molar-refractivity contribution in [3.63, 3.8) is 0 Å². The molecule has 1 aromatic heterocycles. The highest BCUT2D eigenvalue weighted by molar-refractivity contribution is 7.92. The van der Waals surface area contributed by atoms with Crippen molar-refractivity contribution in [1.82, 2.24) is 9.97 Å². The maximum absolute atomic E-state index is 12.9. The summed E-state index contributed by atoms with van der Waals surface area (Å²) in [6.07, 6.45) is 1.14. The lowest BCUT2D eigenvalue weighted by molar-refractivity contribution is 0.472. The zero-order valence-corrected chi connectivity index (χ0v) is 17.7. The molecular weight excluding hydrogens is 412 g/mol. The molecule has 0 radical (unpaired) electrons. The summed E-state index contributed by atoms with van der Waals surface area (Å²) in [5.74, 6) is -0.319. The van der Waals surface area contributed by atoms with Crippen LogP contribution >= 0.6 is 11.6 Å². The predicted octanol–water partition coefficient (Wildman–Crippen LogP) is 4.18. The number of aromatic nitrogens is 2. The number of aromatic hydroxyl groups is 1. The summed E-state index contributed by atoms with van der Waals surface area (Å²) < 4.78 is 28.4. The van der Waals surface area contributed by atoms with E-state index in [1.54, 1.807) is 24.3 Å². The number of anilines is 2. The van der Waals surface area contributed by atoms with Gasteiger partial charge in [-0.05, 0) is 41.3 Å². The molecular formula is C20H21ClN4O3S. The van der Waals surface area contributed by atoms with Gasteiger partial charge in [0.05, 0.1) is 16.8 Å². The van der Waals surface area contributed by atoms with Crippen LogP contribution in [-0.2, 0) is 15.4 Å². The maximum atomic E-state index is 12.9. The number of sulfonamides is 1. The van der Waals surface area contributed by atoms with Gasteiger partial charge in [-0.1, -0.05) is 44.5 Å². The third kappa shape index (κ3) is 4.60. The molecule has 3 aromatic rings. The molecule has 3 rings (SSSR count). The molecule has 0 amide bonds. The molecule has 0 aliphatic rings. The van der Waals surface area contributed by atoms with Gasteiger partial charge in [-0.25, -0.2) is 18.4 Å². The smallest absolute Gasteiger partial charge is 0.261 e. The van der Waals surface area contributed by atoms with Crippen LogP contribution in [0.1, 0.15) is 26.3 Å². The summed E-state index contributed by atoms with van der Waals surface area (Å²) in [6.45, 7) is 6.15. The zero-order chi connectivity index (χ0) is 21.4. The normalized spacial score (nSPS) is 12.0. The van der Waals surface area contributed by atoms with Crippen LogP contribution in [0, 0.1) is 0 Å². The number of nitrogens with two attached hydrogens (primary N) is 1. The van der Waals surface area contributed by atoms with E-state index in [1.807, 2.05) is 0 Å². The molecule has 0 aliphatic carbocycles. The molecule has 0 saturated heterocycles. The van der Waals surface area contributed by atoms with Gasteiger partial charge in [-0.2, -0.15) is 0 Å². The summed E-state index contributed by atoms with van der Waals surface area (Å²) in [5, 5.41) is 10.5. The monoisotopic (exact) mass is 432 g/mol. The molecule has 1 heterocycles. The molecule has 0 atom stereocenters. The van der Waals surface area contributed by atoms with Crippen molar-refractivity contribution in [3.05, 3.63) is 59.2 Å². The lowest BCUT2D eigenvalue weighted by Crippen LogP contribution is -2.15. The van der Waals surface area contributed by atoms with Crippen molar-refractivity contribution in [3.8, 4) is 17.0 Å². The average Bonchev–Trinajstić information content (AvgIpc) is 2.64. The van der Waals surface area contributed by atoms with Gasteiger partial charge in [-0.15, -0.1) is 0 Å². The first kappa shape index (κ1) is 20.9. The molecule has 7 nitrogen and oxygen atoms in total. The predicted molar refractivity (Wildman–Crippen MR) is 115 cm³/mol. The molecule has 0 fully saturated rings. The van der Waals surface area contributed by atoms with E-state index in [1.165, 1.54) is 18.2 Å². The Morgan fingerprint density at radius 3 is 2.38 bits per heavy atom. The number of benzene rings is 2. The second-order valence-electron chi connectivity index (χ2n) is 7.53. The Bertz CT molecular complexity index is 1160. The van der Waals surface area contributed by atoms with Crippen LogP contribution in [0.2, 0.25) is 5.02 Å². The van der Waals surface area contributed by atoms with E-state index in [9.17, 15) is 13.5 Å². The van der Waals surface area contributed by atoms with Crippen molar-refractivity contribution in [2.45, 2.75) is 31.1 Å². The zero-order valence-electron chi connectivity index (χ0n) is 16.1. The first-order valence-electron chi connectivity index (χ1n) is 8.72. The fourth-order valence-electron chi connectivity index (χ4n) is 2.73. The molecule has 2 aromatic carbocycles.